The predicted molar refractivity (Wildman–Crippen MR) is 82.2 cm³/mol. The molecule has 2 aromatic rings. The van der Waals surface area contributed by atoms with Gasteiger partial charge in [0, 0.05) is 8.95 Å². The number of benzene rings is 1. The van der Waals surface area contributed by atoms with E-state index in [1.165, 1.54) is 0 Å². The molecule has 0 bridgehead atoms. The first-order valence-corrected chi connectivity index (χ1v) is 7.20. The molecule has 2 rings (SSSR count). The summed E-state index contributed by atoms with van der Waals surface area (Å²) in [6, 6.07) is 5.47. The number of carbonyl (C=O) groups excluding carboxylic acids is 1. The molecule has 0 saturated carbocycles. The number of nitrogens with one attached hydrogen (secondary N) is 2. The number of halogens is 2. The fraction of sp³-hybridized carbons (Fsp3) is 0.167. The Morgan fingerprint density at radius 2 is 2.21 bits per heavy atom. The second-order valence-electron chi connectivity index (χ2n) is 3.90. The lowest BCUT2D eigenvalue weighted by Crippen LogP contribution is -2.14. The Kier molecular flexibility index (Phi) is 4.26. The van der Waals surface area contributed by atoms with Gasteiger partial charge in [0.05, 0.1) is 17.1 Å². The summed E-state index contributed by atoms with van der Waals surface area (Å²) in [6.45, 7) is 1.94. The molecule has 0 fully saturated rings. The van der Waals surface area contributed by atoms with Gasteiger partial charge in [-0.2, -0.15) is 5.10 Å². The van der Waals surface area contributed by atoms with Crippen LogP contribution in [-0.2, 0) is 6.42 Å². The number of aryl methyl sites for hydroxylation is 1. The maximum atomic E-state index is 12.1. The molecule has 1 amide bonds. The van der Waals surface area contributed by atoms with E-state index in [-0.39, 0.29) is 11.6 Å². The van der Waals surface area contributed by atoms with E-state index in [0.717, 1.165) is 14.6 Å². The third kappa shape index (κ3) is 2.98. The maximum Gasteiger partial charge on any atom is 0.278 e. The van der Waals surface area contributed by atoms with E-state index >= 15 is 0 Å². The zero-order chi connectivity index (χ0) is 14.0. The van der Waals surface area contributed by atoms with Gasteiger partial charge in [0.25, 0.3) is 5.91 Å². The normalized spacial score (nSPS) is 10.5. The van der Waals surface area contributed by atoms with Gasteiger partial charge < -0.3 is 11.1 Å². The van der Waals surface area contributed by atoms with E-state index in [2.05, 4.69) is 47.4 Å². The van der Waals surface area contributed by atoms with E-state index < -0.39 is 0 Å². The van der Waals surface area contributed by atoms with Crippen LogP contribution < -0.4 is 11.1 Å². The van der Waals surface area contributed by atoms with Crippen LogP contribution in [0.5, 0.6) is 0 Å². The molecular formula is C12H12Br2N4O. The van der Waals surface area contributed by atoms with Crippen molar-refractivity contribution >= 4 is 49.1 Å². The topological polar surface area (TPSA) is 83.8 Å². The number of hydrogen-bond acceptors (Lipinski definition) is 3. The first kappa shape index (κ1) is 14.1. The van der Waals surface area contributed by atoms with Crippen LogP contribution in [0, 0.1) is 0 Å². The van der Waals surface area contributed by atoms with Crippen molar-refractivity contribution in [3.8, 4) is 0 Å². The quantitative estimate of drug-likeness (QED) is 0.755. The summed E-state index contributed by atoms with van der Waals surface area (Å²) >= 11 is 6.73. The second kappa shape index (κ2) is 5.75. The molecular weight excluding hydrogens is 376 g/mol. The summed E-state index contributed by atoms with van der Waals surface area (Å²) in [6.07, 6.45) is 0.702. The van der Waals surface area contributed by atoms with Gasteiger partial charge in [-0.15, -0.1) is 0 Å². The molecule has 0 spiro atoms. The lowest BCUT2D eigenvalue weighted by molar-refractivity contribution is 0.102. The van der Waals surface area contributed by atoms with Crippen LogP contribution in [0.4, 0.5) is 11.4 Å². The van der Waals surface area contributed by atoms with Crippen LogP contribution in [0.2, 0.25) is 0 Å². The minimum absolute atomic E-state index is 0.215. The van der Waals surface area contributed by atoms with E-state index in [4.69, 9.17) is 5.73 Å². The predicted octanol–water partition coefficient (Wildman–Crippen LogP) is 3.33. The highest BCUT2D eigenvalue weighted by atomic mass is 79.9. The van der Waals surface area contributed by atoms with Crippen molar-refractivity contribution in [3.63, 3.8) is 0 Å². The van der Waals surface area contributed by atoms with Crippen LogP contribution in [0.25, 0.3) is 0 Å². The Bertz CT molecular complexity index is 624. The molecule has 0 aliphatic carbocycles. The number of nitrogens with zero attached hydrogens (tertiary/aromatic N) is 1. The lowest BCUT2D eigenvalue weighted by atomic mass is 10.2. The summed E-state index contributed by atoms with van der Waals surface area (Å²) in [5.74, 6) is -0.337. The summed E-state index contributed by atoms with van der Waals surface area (Å²) in [4.78, 5) is 12.1. The first-order chi connectivity index (χ1) is 9.02. The van der Waals surface area contributed by atoms with Crippen molar-refractivity contribution < 1.29 is 4.79 Å². The van der Waals surface area contributed by atoms with Crippen LogP contribution in [0.1, 0.15) is 23.1 Å². The second-order valence-corrected chi connectivity index (χ2v) is 5.67. The Labute approximate surface area is 127 Å². The number of amides is 1. The van der Waals surface area contributed by atoms with Gasteiger partial charge in [-0.05, 0) is 40.5 Å². The van der Waals surface area contributed by atoms with Gasteiger partial charge in [0.2, 0.25) is 0 Å². The largest absolute Gasteiger partial charge is 0.395 e. The van der Waals surface area contributed by atoms with Gasteiger partial charge in [-0.3, -0.25) is 9.89 Å². The zero-order valence-corrected chi connectivity index (χ0v) is 13.3. The Morgan fingerprint density at radius 1 is 1.47 bits per heavy atom. The molecule has 100 valence electrons. The van der Waals surface area contributed by atoms with Crippen molar-refractivity contribution in [1.82, 2.24) is 10.2 Å². The smallest absolute Gasteiger partial charge is 0.278 e. The number of hydrogen-bond donors (Lipinski definition) is 3. The minimum atomic E-state index is -0.337. The fourth-order valence-electron chi connectivity index (χ4n) is 1.60. The number of aromatic amines is 1. The van der Waals surface area contributed by atoms with Crippen LogP contribution in [0.3, 0.4) is 0 Å². The van der Waals surface area contributed by atoms with Gasteiger partial charge in [0.15, 0.2) is 5.69 Å². The summed E-state index contributed by atoms with van der Waals surface area (Å²) in [5, 5.41) is 9.47. The Balaban J connectivity index is 2.23. The van der Waals surface area contributed by atoms with E-state index in [9.17, 15) is 4.79 Å². The van der Waals surface area contributed by atoms with Gasteiger partial charge >= 0.3 is 0 Å². The van der Waals surface area contributed by atoms with Crippen LogP contribution in [0.15, 0.2) is 27.1 Å². The molecule has 5 nitrogen and oxygen atoms in total. The molecule has 4 N–H and O–H groups in total. The zero-order valence-electron chi connectivity index (χ0n) is 10.1. The van der Waals surface area contributed by atoms with Crippen LogP contribution in [-0.4, -0.2) is 16.1 Å². The lowest BCUT2D eigenvalue weighted by Gasteiger charge is -2.06. The van der Waals surface area contributed by atoms with Gasteiger partial charge in [0.1, 0.15) is 0 Å². The molecule has 1 aromatic carbocycles. The average molecular weight is 388 g/mol. The average Bonchev–Trinajstić information content (AvgIpc) is 2.74. The number of nitrogen functional groups attached to an aromatic ring is 1. The summed E-state index contributed by atoms with van der Waals surface area (Å²) in [7, 11) is 0. The number of rotatable bonds is 3. The SMILES string of the molecule is CCc1[nH]nc(C(=O)Nc2ccc(Br)cc2Br)c1N. The molecule has 0 saturated heterocycles. The van der Waals surface area contributed by atoms with Crippen molar-refractivity contribution in [2.75, 3.05) is 11.1 Å². The third-order valence-corrected chi connectivity index (χ3v) is 3.78. The number of H-pyrrole nitrogens is 1. The molecule has 0 radical (unpaired) electrons. The van der Waals surface area contributed by atoms with Gasteiger partial charge in [-0.25, -0.2) is 0 Å². The highest BCUT2D eigenvalue weighted by Gasteiger charge is 2.17. The van der Waals surface area contributed by atoms with Gasteiger partial charge in [-0.1, -0.05) is 22.9 Å². The van der Waals surface area contributed by atoms with Crippen molar-refractivity contribution in [3.05, 3.63) is 38.5 Å². The Morgan fingerprint density at radius 3 is 2.79 bits per heavy atom. The number of carbonyl (C=O) groups is 1. The number of nitrogens with two attached hydrogens (primary N) is 1. The molecule has 19 heavy (non-hydrogen) atoms. The van der Waals surface area contributed by atoms with Crippen LogP contribution >= 0.6 is 31.9 Å². The molecule has 7 heteroatoms. The monoisotopic (exact) mass is 386 g/mol. The highest BCUT2D eigenvalue weighted by molar-refractivity contribution is 9.11. The molecule has 1 heterocycles. The third-order valence-electron chi connectivity index (χ3n) is 2.63. The molecule has 1 aromatic heterocycles. The van der Waals surface area contributed by atoms with E-state index in [1.54, 1.807) is 6.07 Å². The summed E-state index contributed by atoms with van der Waals surface area (Å²) in [5.41, 5.74) is 7.89. The van der Waals surface area contributed by atoms with E-state index in [0.29, 0.717) is 17.8 Å². The fourth-order valence-corrected chi connectivity index (χ4v) is 2.75. The molecule has 0 aliphatic heterocycles. The number of aromatic nitrogens is 2. The first-order valence-electron chi connectivity index (χ1n) is 5.62. The van der Waals surface area contributed by atoms with Crippen molar-refractivity contribution in [1.29, 1.82) is 0 Å². The van der Waals surface area contributed by atoms with Crippen molar-refractivity contribution in [2.24, 2.45) is 0 Å². The Hall–Kier alpha value is -1.34. The van der Waals surface area contributed by atoms with E-state index in [1.807, 2.05) is 19.1 Å². The molecule has 0 aliphatic rings. The standard InChI is InChI=1S/C12H12Br2N4O/c1-2-8-10(15)11(18-17-8)12(19)16-9-4-3-6(13)5-7(9)14/h3-5H,2,15H2,1H3,(H,16,19)(H,17,18). The summed E-state index contributed by atoms with van der Waals surface area (Å²) < 4.78 is 1.70. The number of anilines is 2. The molecule has 0 unspecified atom stereocenters. The minimum Gasteiger partial charge on any atom is -0.395 e. The maximum absolute atomic E-state index is 12.1. The highest BCUT2D eigenvalue weighted by Crippen LogP contribution is 2.27. The molecule has 0 atom stereocenters. The van der Waals surface area contributed by atoms with Crippen molar-refractivity contribution in [2.45, 2.75) is 13.3 Å².